The van der Waals surface area contributed by atoms with Crippen LogP contribution in [0.4, 0.5) is 29.5 Å². The third-order valence-electron chi connectivity index (χ3n) is 6.20. The number of benzene rings is 2. The maximum absolute atomic E-state index is 13.8. The molecular formula is C24H17F3N4O4. The Bertz CT molecular complexity index is 1380. The minimum atomic E-state index is -1.21. The molecule has 2 aliphatic heterocycles. The molecule has 3 aromatic rings. The largest absolute Gasteiger partial charge is 0.487 e. The van der Waals surface area contributed by atoms with Gasteiger partial charge in [0.2, 0.25) is 5.91 Å². The Hall–Kier alpha value is -4.28. The minimum Gasteiger partial charge on any atom is -0.487 e. The van der Waals surface area contributed by atoms with Crippen LogP contribution >= 0.6 is 0 Å². The lowest BCUT2D eigenvalue weighted by Gasteiger charge is -2.19. The lowest BCUT2D eigenvalue weighted by molar-refractivity contribution is -0.116. The van der Waals surface area contributed by atoms with Gasteiger partial charge in [-0.1, -0.05) is 0 Å². The van der Waals surface area contributed by atoms with Crippen molar-refractivity contribution in [2.45, 2.75) is 30.9 Å². The first-order chi connectivity index (χ1) is 16.9. The van der Waals surface area contributed by atoms with Crippen molar-refractivity contribution in [3.05, 3.63) is 71.2 Å². The van der Waals surface area contributed by atoms with E-state index in [4.69, 9.17) is 9.47 Å². The van der Waals surface area contributed by atoms with Crippen LogP contribution in [0.25, 0.3) is 0 Å². The summed E-state index contributed by atoms with van der Waals surface area (Å²) >= 11 is 0. The van der Waals surface area contributed by atoms with Crippen molar-refractivity contribution in [3.8, 4) is 17.2 Å². The molecule has 1 fully saturated rings. The van der Waals surface area contributed by atoms with Crippen LogP contribution in [-0.2, 0) is 11.2 Å². The number of nitrogens with zero attached hydrogens (tertiary/aromatic N) is 1. The quantitative estimate of drug-likeness (QED) is 0.517. The lowest BCUT2D eigenvalue weighted by atomic mass is 10.1. The number of amides is 3. The Morgan fingerprint density at radius 1 is 1.11 bits per heavy atom. The zero-order valence-electron chi connectivity index (χ0n) is 17.9. The first kappa shape index (κ1) is 21.3. The summed E-state index contributed by atoms with van der Waals surface area (Å²) in [6, 6.07) is 6.79. The fourth-order valence-electron chi connectivity index (χ4n) is 4.52. The second kappa shape index (κ2) is 7.90. The molecule has 2 unspecified atom stereocenters. The van der Waals surface area contributed by atoms with Crippen LogP contribution in [-0.4, -0.2) is 29.1 Å². The lowest BCUT2D eigenvalue weighted by Crippen LogP contribution is -2.34. The van der Waals surface area contributed by atoms with Crippen LogP contribution in [0.3, 0.4) is 0 Å². The number of fused-ring (bicyclic) bond motifs is 4. The molecule has 3 aliphatic rings. The van der Waals surface area contributed by atoms with Gasteiger partial charge >= 0.3 is 6.03 Å². The molecule has 3 heterocycles. The summed E-state index contributed by atoms with van der Waals surface area (Å²) in [6.45, 7) is 0. The predicted molar refractivity (Wildman–Crippen MR) is 117 cm³/mol. The molecule has 0 radical (unpaired) electrons. The van der Waals surface area contributed by atoms with Gasteiger partial charge in [-0.15, -0.1) is 0 Å². The molecule has 6 rings (SSSR count). The van der Waals surface area contributed by atoms with E-state index in [0.717, 1.165) is 11.1 Å². The maximum atomic E-state index is 13.8. The Morgan fingerprint density at radius 3 is 2.71 bits per heavy atom. The van der Waals surface area contributed by atoms with E-state index in [2.05, 4.69) is 20.9 Å². The fraction of sp³-hybridized carbons (Fsp3) is 0.208. The number of aromatic nitrogens is 1. The highest BCUT2D eigenvalue weighted by atomic mass is 19.1. The first-order valence-electron chi connectivity index (χ1n) is 10.9. The number of ether oxygens (including phenoxy) is 2. The van der Waals surface area contributed by atoms with E-state index in [1.165, 1.54) is 0 Å². The van der Waals surface area contributed by atoms with Crippen LogP contribution in [0.2, 0.25) is 0 Å². The average molecular weight is 482 g/mol. The van der Waals surface area contributed by atoms with Crippen molar-refractivity contribution < 1.29 is 32.2 Å². The molecule has 3 atom stereocenters. The summed E-state index contributed by atoms with van der Waals surface area (Å²) in [5.74, 6) is -1.49. The van der Waals surface area contributed by atoms with Crippen molar-refractivity contribution in [3.63, 3.8) is 0 Å². The number of pyridine rings is 1. The normalized spacial score (nSPS) is 21.1. The van der Waals surface area contributed by atoms with E-state index >= 15 is 0 Å². The number of carbonyl (C=O) groups excluding carboxylic acids is 2. The summed E-state index contributed by atoms with van der Waals surface area (Å²) in [4.78, 5) is 28.1. The van der Waals surface area contributed by atoms with Gasteiger partial charge in [0.1, 0.15) is 40.7 Å². The molecule has 3 amide bonds. The second-order valence-electron chi connectivity index (χ2n) is 8.46. The molecule has 11 heteroatoms. The number of carbonyl (C=O) groups is 2. The SMILES string of the molecule is O=C1CCc2c(Oc3ccc4c(c3)C3C(O4)[C@H]3NC(=O)Nc3c(F)cc(F)cc3F)ccnc2N1. The Balaban J connectivity index is 1.15. The molecule has 1 saturated carbocycles. The third-order valence-corrected chi connectivity index (χ3v) is 6.20. The summed E-state index contributed by atoms with van der Waals surface area (Å²) in [5.41, 5.74) is 0.904. The molecule has 2 aromatic carbocycles. The monoisotopic (exact) mass is 482 g/mol. The van der Waals surface area contributed by atoms with Crippen LogP contribution in [0.5, 0.6) is 17.2 Å². The number of hydrogen-bond acceptors (Lipinski definition) is 5. The standard InChI is InChI=1S/C24H17F3N4O4/c25-10-7-14(26)20(15(27)8-10)30-24(33)31-21-19-13-9-11(1-3-16(13)35-22(19)21)34-17-5-6-28-23-12(17)2-4-18(32)29-23/h1,3,5-9,19,21-22H,2,4H2,(H,28,29,32)(H2,30,31,33)/t19?,21-,22?/m0/s1. The van der Waals surface area contributed by atoms with Gasteiger partial charge in [0.25, 0.3) is 0 Å². The van der Waals surface area contributed by atoms with Crippen molar-refractivity contribution in [1.82, 2.24) is 10.3 Å². The molecule has 8 nitrogen and oxygen atoms in total. The van der Waals surface area contributed by atoms with E-state index < -0.39 is 35.2 Å². The first-order valence-corrected chi connectivity index (χ1v) is 10.9. The number of rotatable bonds is 4. The highest BCUT2D eigenvalue weighted by Gasteiger charge is 2.59. The zero-order valence-corrected chi connectivity index (χ0v) is 17.9. The van der Waals surface area contributed by atoms with E-state index in [-0.39, 0.29) is 17.9 Å². The smallest absolute Gasteiger partial charge is 0.319 e. The molecule has 35 heavy (non-hydrogen) atoms. The molecule has 3 N–H and O–H groups in total. The minimum absolute atomic E-state index is 0.0934. The summed E-state index contributed by atoms with van der Waals surface area (Å²) in [6.07, 6.45) is 2.09. The molecular weight excluding hydrogens is 465 g/mol. The number of anilines is 2. The summed E-state index contributed by atoms with van der Waals surface area (Å²) in [7, 11) is 0. The Kier molecular flexibility index (Phi) is 4.80. The predicted octanol–water partition coefficient (Wildman–Crippen LogP) is 4.22. The molecule has 1 aliphatic carbocycles. The Morgan fingerprint density at radius 2 is 1.91 bits per heavy atom. The van der Waals surface area contributed by atoms with Gasteiger partial charge in [-0.3, -0.25) is 4.79 Å². The second-order valence-corrected chi connectivity index (χ2v) is 8.46. The Labute approximate surface area is 196 Å². The van der Waals surface area contributed by atoms with Gasteiger partial charge in [-0.2, -0.15) is 0 Å². The summed E-state index contributed by atoms with van der Waals surface area (Å²) in [5, 5.41) is 7.45. The number of urea groups is 1. The summed E-state index contributed by atoms with van der Waals surface area (Å²) < 4.78 is 52.6. The van der Waals surface area contributed by atoms with Gasteiger partial charge < -0.3 is 25.4 Å². The van der Waals surface area contributed by atoms with Crippen LogP contribution < -0.4 is 25.4 Å². The van der Waals surface area contributed by atoms with Crippen molar-refractivity contribution in [1.29, 1.82) is 0 Å². The van der Waals surface area contributed by atoms with Crippen molar-refractivity contribution in [2.75, 3.05) is 10.6 Å². The van der Waals surface area contributed by atoms with Crippen molar-refractivity contribution >= 4 is 23.4 Å². The van der Waals surface area contributed by atoms with Gasteiger partial charge in [-0.05, 0) is 30.7 Å². The molecule has 0 spiro atoms. The van der Waals surface area contributed by atoms with Gasteiger partial charge in [0.05, 0.1) is 12.0 Å². The maximum Gasteiger partial charge on any atom is 0.319 e. The average Bonchev–Trinajstić information content (AvgIpc) is 3.32. The molecule has 0 saturated heterocycles. The fourth-order valence-corrected chi connectivity index (χ4v) is 4.52. The van der Waals surface area contributed by atoms with Gasteiger partial charge in [0.15, 0.2) is 11.6 Å². The van der Waals surface area contributed by atoms with Gasteiger partial charge in [0, 0.05) is 35.9 Å². The number of halogens is 3. The topological polar surface area (TPSA) is 102 Å². The van der Waals surface area contributed by atoms with E-state index in [1.54, 1.807) is 24.4 Å². The number of hydrogen-bond donors (Lipinski definition) is 3. The molecule has 1 aromatic heterocycles. The highest BCUT2D eigenvalue weighted by Crippen LogP contribution is 2.54. The molecule has 0 bridgehead atoms. The highest BCUT2D eigenvalue weighted by molar-refractivity contribution is 5.93. The van der Waals surface area contributed by atoms with Crippen molar-refractivity contribution in [2.24, 2.45) is 0 Å². The number of nitrogens with one attached hydrogen (secondary N) is 3. The van der Waals surface area contributed by atoms with Crippen LogP contribution in [0, 0.1) is 17.5 Å². The van der Waals surface area contributed by atoms with Crippen LogP contribution in [0.15, 0.2) is 42.6 Å². The van der Waals surface area contributed by atoms with Gasteiger partial charge in [-0.25, -0.2) is 22.9 Å². The zero-order chi connectivity index (χ0) is 24.3. The van der Waals surface area contributed by atoms with Crippen LogP contribution in [0.1, 0.15) is 23.5 Å². The van der Waals surface area contributed by atoms with E-state index in [0.29, 0.717) is 48.0 Å². The third kappa shape index (κ3) is 3.78. The van der Waals surface area contributed by atoms with E-state index in [9.17, 15) is 22.8 Å². The molecule has 178 valence electrons. The van der Waals surface area contributed by atoms with E-state index in [1.807, 2.05) is 6.07 Å².